The molecule has 2 aliphatic heterocycles. The smallest absolute Gasteiger partial charge is 0.251 e. The van der Waals surface area contributed by atoms with Crippen LogP contribution in [0.5, 0.6) is 11.5 Å². The lowest BCUT2D eigenvalue weighted by atomic mass is 10.1. The summed E-state index contributed by atoms with van der Waals surface area (Å²) in [5, 5.41) is 2.92. The van der Waals surface area contributed by atoms with E-state index in [-0.39, 0.29) is 12.7 Å². The Kier molecular flexibility index (Phi) is 5.94. The third-order valence-electron chi connectivity index (χ3n) is 5.31. The minimum atomic E-state index is -3.12. The number of fused-ring (bicyclic) bond motifs is 1. The zero-order valence-corrected chi connectivity index (χ0v) is 17.7. The molecule has 4 rings (SSSR count). The summed E-state index contributed by atoms with van der Waals surface area (Å²) in [5.74, 6) is 1.28. The van der Waals surface area contributed by atoms with Crippen LogP contribution < -0.4 is 14.8 Å². The number of sulfonamides is 1. The molecule has 1 saturated heterocycles. The van der Waals surface area contributed by atoms with Crippen molar-refractivity contribution in [1.82, 2.24) is 14.5 Å². The molecule has 0 unspecified atom stereocenters. The van der Waals surface area contributed by atoms with E-state index >= 15 is 0 Å². The Bertz CT molecular complexity index is 1020. The first kappa shape index (κ1) is 20.6. The number of benzene rings is 2. The van der Waals surface area contributed by atoms with Crippen molar-refractivity contribution < 1.29 is 22.7 Å². The monoisotopic (exact) mass is 431 g/mol. The van der Waals surface area contributed by atoms with Crippen molar-refractivity contribution in [3.63, 3.8) is 0 Å². The molecule has 0 aliphatic carbocycles. The van der Waals surface area contributed by atoms with Gasteiger partial charge in [0.15, 0.2) is 11.5 Å². The van der Waals surface area contributed by atoms with E-state index in [0.717, 1.165) is 23.4 Å². The number of nitrogens with one attached hydrogen (secondary N) is 1. The lowest BCUT2D eigenvalue weighted by molar-refractivity contribution is 0.0950. The molecule has 2 aromatic carbocycles. The number of hydrogen-bond acceptors (Lipinski definition) is 6. The maximum Gasteiger partial charge on any atom is 0.251 e. The van der Waals surface area contributed by atoms with Gasteiger partial charge in [-0.15, -0.1) is 0 Å². The Morgan fingerprint density at radius 2 is 1.63 bits per heavy atom. The van der Waals surface area contributed by atoms with Crippen LogP contribution in [0.2, 0.25) is 0 Å². The largest absolute Gasteiger partial charge is 0.454 e. The van der Waals surface area contributed by atoms with E-state index in [9.17, 15) is 13.2 Å². The molecule has 160 valence electrons. The molecule has 2 heterocycles. The van der Waals surface area contributed by atoms with E-state index in [0.29, 0.717) is 44.0 Å². The maximum absolute atomic E-state index is 12.4. The van der Waals surface area contributed by atoms with Gasteiger partial charge >= 0.3 is 0 Å². The fraction of sp³-hybridized carbons (Fsp3) is 0.381. The van der Waals surface area contributed by atoms with E-state index < -0.39 is 10.0 Å². The second-order valence-electron chi connectivity index (χ2n) is 7.51. The summed E-state index contributed by atoms with van der Waals surface area (Å²) in [5.41, 5.74) is 2.63. The minimum Gasteiger partial charge on any atom is -0.454 e. The Morgan fingerprint density at radius 3 is 2.33 bits per heavy atom. The Hall–Kier alpha value is -2.62. The zero-order valence-electron chi connectivity index (χ0n) is 16.8. The van der Waals surface area contributed by atoms with Crippen LogP contribution in [-0.4, -0.2) is 62.8 Å². The maximum atomic E-state index is 12.4. The molecular weight excluding hydrogens is 406 g/mol. The first-order valence-corrected chi connectivity index (χ1v) is 11.7. The van der Waals surface area contributed by atoms with Gasteiger partial charge in [0.1, 0.15) is 0 Å². The highest BCUT2D eigenvalue weighted by molar-refractivity contribution is 7.88. The minimum absolute atomic E-state index is 0.138. The van der Waals surface area contributed by atoms with Crippen LogP contribution in [0, 0.1) is 0 Å². The van der Waals surface area contributed by atoms with Crippen molar-refractivity contribution in [2.24, 2.45) is 0 Å². The van der Waals surface area contributed by atoms with Crippen molar-refractivity contribution in [3.8, 4) is 11.5 Å². The van der Waals surface area contributed by atoms with Crippen molar-refractivity contribution >= 4 is 15.9 Å². The first-order valence-electron chi connectivity index (χ1n) is 9.82. The van der Waals surface area contributed by atoms with E-state index in [2.05, 4.69) is 10.2 Å². The Labute approximate surface area is 176 Å². The molecule has 0 bridgehead atoms. The summed E-state index contributed by atoms with van der Waals surface area (Å²) in [7, 11) is -3.12. The van der Waals surface area contributed by atoms with Gasteiger partial charge in [0.2, 0.25) is 16.8 Å². The molecular formula is C21H25N3O5S. The summed E-state index contributed by atoms with van der Waals surface area (Å²) in [6.07, 6.45) is 1.25. The predicted molar refractivity (Wildman–Crippen MR) is 112 cm³/mol. The normalized spacial score (nSPS) is 17.1. The number of nitrogens with zero attached hydrogens (tertiary/aromatic N) is 2. The molecule has 2 aliphatic rings. The van der Waals surface area contributed by atoms with E-state index in [1.165, 1.54) is 10.6 Å². The van der Waals surface area contributed by atoms with Gasteiger partial charge in [0.05, 0.1) is 6.26 Å². The molecule has 0 atom stereocenters. The van der Waals surface area contributed by atoms with Crippen LogP contribution in [0.1, 0.15) is 21.5 Å². The van der Waals surface area contributed by atoms with Crippen molar-refractivity contribution in [3.05, 3.63) is 59.2 Å². The number of carbonyl (C=O) groups excluding carboxylic acids is 1. The zero-order chi connectivity index (χ0) is 21.1. The summed E-state index contributed by atoms with van der Waals surface area (Å²) in [6, 6.07) is 13.1. The lowest BCUT2D eigenvalue weighted by Gasteiger charge is -2.33. The van der Waals surface area contributed by atoms with Crippen LogP contribution in [0.25, 0.3) is 0 Å². The topological polar surface area (TPSA) is 88.2 Å². The van der Waals surface area contributed by atoms with E-state index in [1.807, 2.05) is 42.5 Å². The molecule has 9 heteroatoms. The second-order valence-corrected chi connectivity index (χ2v) is 9.49. The molecule has 0 spiro atoms. The molecule has 0 aromatic heterocycles. The molecule has 2 aromatic rings. The van der Waals surface area contributed by atoms with Crippen LogP contribution in [0.3, 0.4) is 0 Å². The molecule has 0 radical (unpaired) electrons. The van der Waals surface area contributed by atoms with E-state index in [1.54, 1.807) is 0 Å². The van der Waals surface area contributed by atoms with Crippen LogP contribution >= 0.6 is 0 Å². The molecule has 1 fully saturated rings. The number of hydrogen-bond donors (Lipinski definition) is 1. The molecule has 1 amide bonds. The summed E-state index contributed by atoms with van der Waals surface area (Å²) in [6.45, 7) is 3.79. The highest BCUT2D eigenvalue weighted by atomic mass is 32.2. The third-order valence-corrected chi connectivity index (χ3v) is 6.62. The van der Waals surface area contributed by atoms with Gasteiger partial charge in [-0.3, -0.25) is 9.69 Å². The highest BCUT2D eigenvalue weighted by Crippen LogP contribution is 2.32. The molecule has 8 nitrogen and oxygen atoms in total. The Morgan fingerprint density at radius 1 is 0.967 bits per heavy atom. The van der Waals surface area contributed by atoms with Crippen molar-refractivity contribution in [1.29, 1.82) is 0 Å². The predicted octanol–water partition coefficient (Wildman–Crippen LogP) is 1.42. The average molecular weight is 432 g/mol. The number of amides is 1. The second kappa shape index (κ2) is 8.63. The summed E-state index contributed by atoms with van der Waals surface area (Å²) < 4.78 is 35.4. The number of rotatable bonds is 6. The van der Waals surface area contributed by atoms with Gasteiger partial charge in [0, 0.05) is 44.8 Å². The van der Waals surface area contributed by atoms with Gasteiger partial charge in [-0.25, -0.2) is 8.42 Å². The fourth-order valence-electron chi connectivity index (χ4n) is 3.57. The van der Waals surface area contributed by atoms with Gasteiger partial charge in [-0.05, 0) is 35.4 Å². The molecule has 30 heavy (non-hydrogen) atoms. The quantitative estimate of drug-likeness (QED) is 0.744. The third kappa shape index (κ3) is 4.92. The highest BCUT2D eigenvalue weighted by Gasteiger charge is 2.23. The summed E-state index contributed by atoms with van der Waals surface area (Å²) in [4.78, 5) is 14.7. The number of ether oxygens (including phenoxy) is 2. The number of carbonyl (C=O) groups is 1. The Balaban J connectivity index is 1.27. The van der Waals surface area contributed by atoms with Crippen LogP contribution in [0.15, 0.2) is 42.5 Å². The standard InChI is InChI=1S/C21H25N3O5S/c1-30(26,27)24-10-8-23(9-11-24)14-16-2-5-18(6-3-16)21(25)22-13-17-4-7-19-20(12-17)29-15-28-19/h2-7,12H,8-11,13-15H2,1H3,(H,22,25). The fourth-order valence-corrected chi connectivity index (χ4v) is 4.40. The van der Waals surface area contributed by atoms with E-state index in [4.69, 9.17) is 9.47 Å². The van der Waals surface area contributed by atoms with Gasteiger partial charge in [0.25, 0.3) is 5.91 Å². The van der Waals surface area contributed by atoms with Gasteiger partial charge in [-0.2, -0.15) is 4.31 Å². The summed E-state index contributed by atoms with van der Waals surface area (Å²) >= 11 is 0. The van der Waals surface area contributed by atoms with Gasteiger partial charge in [-0.1, -0.05) is 18.2 Å². The van der Waals surface area contributed by atoms with Gasteiger partial charge < -0.3 is 14.8 Å². The van der Waals surface area contributed by atoms with Crippen LogP contribution in [-0.2, 0) is 23.1 Å². The average Bonchev–Trinajstić information content (AvgIpc) is 3.20. The lowest BCUT2D eigenvalue weighted by Crippen LogP contribution is -2.47. The molecule has 0 saturated carbocycles. The first-order chi connectivity index (χ1) is 14.4. The number of piperazine rings is 1. The van der Waals surface area contributed by atoms with Crippen LogP contribution in [0.4, 0.5) is 0 Å². The SMILES string of the molecule is CS(=O)(=O)N1CCN(Cc2ccc(C(=O)NCc3ccc4c(c3)OCO4)cc2)CC1. The molecule has 1 N–H and O–H groups in total. The van der Waals surface area contributed by atoms with Crippen molar-refractivity contribution in [2.45, 2.75) is 13.1 Å². The van der Waals surface area contributed by atoms with Crippen molar-refractivity contribution in [2.75, 3.05) is 39.2 Å².